The average molecular weight is 422 g/mol. The van der Waals surface area contributed by atoms with Gasteiger partial charge < -0.3 is 15.2 Å². The number of anilines is 1. The summed E-state index contributed by atoms with van der Waals surface area (Å²) < 4.78 is 6.12. The second-order valence-corrected chi connectivity index (χ2v) is 6.48. The highest BCUT2D eigenvalue weighted by molar-refractivity contribution is 6.15. The third-order valence-electron chi connectivity index (χ3n) is 4.68. The fourth-order valence-corrected chi connectivity index (χ4v) is 3.28. The van der Waals surface area contributed by atoms with Gasteiger partial charge in [0.1, 0.15) is 17.5 Å². The van der Waals surface area contributed by atoms with E-state index in [1.807, 2.05) is 0 Å². The molecular formula is C19H14N6O6. The molecule has 31 heavy (non-hydrogen) atoms. The fourth-order valence-electron chi connectivity index (χ4n) is 3.28. The van der Waals surface area contributed by atoms with Crippen molar-refractivity contribution in [2.45, 2.75) is 6.04 Å². The first kappa shape index (κ1) is 19.7. The van der Waals surface area contributed by atoms with Crippen molar-refractivity contribution in [2.24, 2.45) is 0 Å². The summed E-state index contributed by atoms with van der Waals surface area (Å²) in [6.07, 6.45) is 0. The van der Waals surface area contributed by atoms with Crippen molar-refractivity contribution in [3.8, 4) is 5.75 Å². The van der Waals surface area contributed by atoms with Crippen LogP contribution in [0.5, 0.6) is 5.75 Å². The number of carbonyl (C=O) groups excluding carboxylic acids is 2. The van der Waals surface area contributed by atoms with E-state index in [1.54, 1.807) is 12.1 Å². The van der Waals surface area contributed by atoms with Gasteiger partial charge in [0.05, 0.1) is 17.6 Å². The molecule has 0 radical (unpaired) electrons. The Labute approximate surface area is 173 Å². The van der Waals surface area contributed by atoms with Gasteiger partial charge in [0.15, 0.2) is 5.78 Å². The summed E-state index contributed by atoms with van der Waals surface area (Å²) >= 11 is 0. The average Bonchev–Trinajstić information content (AvgIpc) is 3.25. The normalized spacial score (nSPS) is 15.1. The number of carbonyl (C=O) groups is 2. The Balaban J connectivity index is 1.92. The first-order valence-corrected chi connectivity index (χ1v) is 8.86. The number of methoxy groups -OCH3 is 1. The third kappa shape index (κ3) is 3.46. The zero-order valence-corrected chi connectivity index (χ0v) is 15.9. The van der Waals surface area contributed by atoms with Gasteiger partial charge in [0, 0.05) is 17.7 Å². The molecule has 0 saturated heterocycles. The summed E-state index contributed by atoms with van der Waals surface area (Å²) in [4.78, 5) is 36.4. The van der Waals surface area contributed by atoms with Crippen molar-refractivity contribution in [3.63, 3.8) is 0 Å². The van der Waals surface area contributed by atoms with Gasteiger partial charge in [-0.25, -0.2) is 4.79 Å². The number of nitro groups is 1. The van der Waals surface area contributed by atoms with E-state index >= 15 is 0 Å². The molecule has 2 aromatic carbocycles. The van der Waals surface area contributed by atoms with Crippen LogP contribution < -0.4 is 5.32 Å². The standard InChI is InChI=1S/C19H14N6O6/c1-31-18(28)15-14(17(27)10-5-7-12(8-6-10)25(29)30)16(11-3-2-4-13(26)9-11)24-19(20-15)21-22-23-24/h2-9,16,26H,1H3,(H,20,21,23)/t16-/m0/s1. The molecule has 0 fully saturated rings. The Bertz CT molecular complexity index is 1230. The van der Waals surface area contributed by atoms with Crippen LogP contribution in [0.3, 0.4) is 0 Å². The second-order valence-electron chi connectivity index (χ2n) is 6.48. The molecular weight excluding hydrogens is 408 g/mol. The van der Waals surface area contributed by atoms with Crippen molar-refractivity contribution in [1.29, 1.82) is 0 Å². The number of aromatic nitrogens is 4. The lowest BCUT2D eigenvalue weighted by Gasteiger charge is -2.28. The van der Waals surface area contributed by atoms with Crippen LogP contribution in [0.25, 0.3) is 0 Å². The minimum absolute atomic E-state index is 0.0499. The number of nitrogens with one attached hydrogen (secondary N) is 1. The number of hydrogen-bond acceptors (Lipinski definition) is 10. The first-order valence-electron chi connectivity index (χ1n) is 8.86. The highest BCUT2D eigenvalue weighted by atomic mass is 16.6. The Morgan fingerprint density at radius 3 is 2.61 bits per heavy atom. The lowest BCUT2D eigenvalue weighted by atomic mass is 9.89. The molecule has 1 aliphatic rings. The SMILES string of the molecule is COC(=O)C1=C(C(=O)c2ccc([N+](=O)[O-])cc2)[C@H](c2cccc(O)c2)n2nnnc2N1. The quantitative estimate of drug-likeness (QED) is 0.267. The number of ketones is 1. The maximum Gasteiger partial charge on any atom is 0.355 e. The van der Waals surface area contributed by atoms with Crippen LogP contribution in [-0.2, 0) is 9.53 Å². The molecule has 2 heterocycles. The molecule has 1 aliphatic heterocycles. The van der Waals surface area contributed by atoms with Gasteiger partial charge in [-0.15, -0.1) is 0 Å². The number of Topliss-reactive ketones (excluding diaryl/α,β-unsaturated/α-hetero) is 1. The number of phenols is 1. The van der Waals surface area contributed by atoms with E-state index in [0.717, 1.165) is 7.11 Å². The Hall–Kier alpha value is -4.61. The maximum absolute atomic E-state index is 13.5. The van der Waals surface area contributed by atoms with E-state index in [9.17, 15) is 24.8 Å². The number of phenolic OH excluding ortho intramolecular Hbond substituents is 1. The number of tetrazole rings is 1. The van der Waals surface area contributed by atoms with Crippen LogP contribution in [0.4, 0.5) is 11.6 Å². The lowest BCUT2D eigenvalue weighted by Crippen LogP contribution is -2.32. The number of ether oxygens (including phenoxy) is 1. The van der Waals surface area contributed by atoms with Gasteiger partial charge >= 0.3 is 5.97 Å². The van der Waals surface area contributed by atoms with Crippen LogP contribution >= 0.6 is 0 Å². The van der Waals surface area contributed by atoms with Crippen molar-refractivity contribution < 1.29 is 24.4 Å². The van der Waals surface area contributed by atoms with E-state index in [1.165, 1.54) is 41.1 Å². The molecule has 0 amide bonds. The molecule has 12 nitrogen and oxygen atoms in total. The zero-order chi connectivity index (χ0) is 22.1. The molecule has 0 aliphatic carbocycles. The monoisotopic (exact) mass is 422 g/mol. The predicted octanol–water partition coefficient (Wildman–Crippen LogP) is 1.61. The zero-order valence-electron chi connectivity index (χ0n) is 15.9. The minimum atomic E-state index is -0.977. The number of allylic oxidation sites excluding steroid dienone is 1. The van der Waals surface area contributed by atoms with Crippen LogP contribution in [-0.4, -0.2) is 49.1 Å². The van der Waals surface area contributed by atoms with Crippen LogP contribution in [0.1, 0.15) is 22.0 Å². The van der Waals surface area contributed by atoms with E-state index in [-0.39, 0.29) is 34.2 Å². The van der Waals surface area contributed by atoms with Gasteiger partial charge in [-0.2, -0.15) is 4.68 Å². The number of benzene rings is 2. The van der Waals surface area contributed by atoms with Gasteiger partial charge in [-0.3, -0.25) is 14.9 Å². The summed E-state index contributed by atoms with van der Waals surface area (Å²) in [5.41, 5.74) is 0.118. The third-order valence-corrected chi connectivity index (χ3v) is 4.68. The van der Waals surface area contributed by atoms with Gasteiger partial charge in [0.2, 0.25) is 5.95 Å². The summed E-state index contributed by atoms with van der Waals surface area (Å²) in [5, 5.41) is 34.9. The number of fused-ring (bicyclic) bond motifs is 1. The topological polar surface area (TPSA) is 162 Å². The van der Waals surface area contributed by atoms with Gasteiger partial charge in [0.25, 0.3) is 5.69 Å². The van der Waals surface area contributed by atoms with E-state index < -0.39 is 22.7 Å². The molecule has 12 heteroatoms. The predicted molar refractivity (Wildman–Crippen MR) is 104 cm³/mol. The molecule has 0 saturated carbocycles. The number of non-ortho nitro benzene ring substituents is 1. The Morgan fingerprint density at radius 2 is 1.97 bits per heavy atom. The van der Waals surface area contributed by atoms with Crippen molar-refractivity contribution in [2.75, 3.05) is 12.4 Å². The Kier molecular flexibility index (Phi) is 4.87. The summed E-state index contributed by atoms with van der Waals surface area (Å²) in [6.45, 7) is 0. The van der Waals surface area contributed by atoms with Crippen LogP contribution in [0.2, 0.25) is 0 Å². The number of esters is 1. The van der Waals surface area contributed by atoms with Gasteiger partial charge in [-0.1, -0.05) is 17.2 Å². The summed E-state index contributed by atoms with van der Waals surface area (Å²) in [5.74, 6) is -1.40. The van der Waals surface area contributed by atoms with E-state index in [4.69, 9.17) is 4.74 Å². The molecule has 1 aromatic heterocycles. The van der Waals surface area contributed by atoms with Gasteiger partial charge in [-0.05, 0) is 40.3 Å². The molecule has 0 unspecified atom stereocenters. The largest absolute Gasteiger partial charge is 0.508 e. The molecule has 0 spiro atoms. The molecule has 3 aromatic rings. The van der Waals surface area contributed by atoms with Crippen LogP contribution in [0.15, 0.2) is 59.8 Å². The van der Waals surface area contributed by atoms with Crippen molar-refractivity contribution in [3.05, 3.63) is 81.0 Å². The second kappa shape index (κ2) is 7.67. The number of nitro benzene ring substituents is 1. The Morgan fingerprint density at radius 1 is 1.23 bits per heavy atom. The first-order chi connectivity index (χ1) is 14.9. The minimum Gasteiger partial charge on any atom is -0.508 e. The lowest BCUT2D eigenvalue weighted by molar-refractivity contribution is -0.384. The number of rotatable bonds is 5. The summed E-state index contributed by atoms with van der Waals surface area (Å²) in [6, 6.07) is 10.1. The van der Waals surface area contributed by atoms with Crippen molar-refractivity contribution in [1.82, 2.24) is 20.2 Å². The smallest absolute Gasteiger partial charge is 0.355 e. The molecule has 4 rings (SSSR count). The molecule has 1 atom stereocenters. The molecule has 156 valence electrons. The van der Waals surface area contributed by atoms with E-state index in [0.29, 0.717) is 5.56 Å². The number of hydrogen-bond donors (Lipinski definition) is 2. The van der Waals surface area contributed by atoms with Crippen molar-refractivity contribution >= 4 is 23.4 Å². The highest BCUT2D eigenvalue weighted by Gasteiger charge is 2.38. The summed E-state index contributed by atoms with van der Waals surface area (Å²) in [7, 11) is 1.16. The van der Waals surface area contributed by atoms with E-state index in [2.05, 4.69) is 20.8 Å². The highest BCUT2D eigenvalue weighted by Crippen LogP contribution is 2.37. The number of aromatic hydroxyl groups is 1. The maximum atomic E-state index is 13.5. The molecule has 0 bridgehead atoms. The van der Waals surface area contributed by atoms with Crippen LogP contribution in [0, 0.1) is 10.1 Å². The number of nitrogens with zero attached hydrogens (tertiary/aromatic N) is 5. The molecule has 2 N–H and O–H groups in total. The fraction of sp³-hybridized carbons (Fsp3) is 0.105.